The van der Waals surface area contributed by atoms with Gasteiger partial charge in [0, 0.05) is 0 Å². The lowest BCUT2D eigenvalue weighted by Crippen LogP contribution is -2.43. The van der Waals surface area contributed by atoms with Crippen molar-refractivity contribution in [3.63, 3.8) is 0 Å². The number of amides is 1. The summed E-state index contributed by atoms with van der Waals surface area (Å²) in [5.41, 5.74) is 0.806. The summed E-state index contributed by atoms with van der Waals surface area (Å²) in [6.07, 6.45) is -1.12. The summed E-state index contributed by atoms with van der Waals surface area (Å²) >= 11 is 0. The average Bonchev–Trinajstić information content (AvgIpc) is 2.54. The largest absolute Gasteiger partial charge is 0.466 e. The first-order valence-corrected chi connectivity index (χ1v) is 7.36. The second kappa shape index (κ2) is 10.2. The Morgan fingerprint density at radius 1 is 1.00 bits per heavy atom. The van der Waals surface area contributed by atoms with Crippen molar-refractivity contribution in [2.45, 2.75) is 32.9 Å². The Hall–Kier alpha value is -2.57. The highest BCUT2D eigenvalue weighted by Crippen LogP contribution is 2.03. The maximum absolute atomic E-state index is 11.8. The van der Waals surface area contributed by atoms with Crippen molar-refractivity contribution in [3.8, 4) is 0 Å². The van der Waals surface area contributed by atoms with Crippen LogP contribution in [-0.2, 0) is 30.4 Å². The molecule has 0 saturated heterocycles. The molecule has 1 aromatic rings. The van der Waals surface area contributed by atoms with Gasteiger partial charge in [0.05, 0.1) is 19.6 Å². The summed E-state index contributed by atoms with van der Waals surface area (Å²) in [5, 5.41) is 2.32. The molecule has 7 nitrogen and oxygen atoms in total. The van der Waals surface area contributed by atoms with E-state index in [0.717, 1.165) is 5.56 Å². The number of hydrogen-bond acceptors (Lipinski definition) is 6. The van der Waals surface area contributed by atoms with E-state index in [-0.39, 0.29) is 26.2 Å². The number of nitrogens with one attached hydrogen (secondary N) is 1. The van der Waals surface area contributed by atoms with E-state index in [0.29, 0.717) is 0 Å². The van der Waals surface area contributed by atoms with E-state index in [1.165, 1.54) is 0 Å². The monoisotopic (exact) mass is 323 g/mol. The van der Waals surface area contributed by atoms with Crippen LogP contribution >= 0.6 is 0 Å². The molecule has 0 saturated carbocycles. The normalized spacial score (nSPS) is 11.2. The molecule has 1 atom stereocenters. The average molecular weight is 323 g/mol. The van der Waals surface area contributed by atoms with Crippen LogP contribution in [0.1, 0.15) is 25.8 Å². The van der Waals surface area contributed by atoms with Gasteiger partial charge >= 0.3 is 18.0 Å². The molecule has 7 heteroatoms. The van der Waals surface area contributed by atoms with Crippen LogP contribution in [0.4, 0.5) is 4.79 Å². The van der Waals surface area contributed by atoms with Gasteiger partial charge < -0.3 is 19.5 Å². The number of hydrogen-bond donors (Lipinski definition) is 1. The van der Waals surface area contributed by atoms with Crippen LogP contribution < -0.4 is 5.32 Å². The van der Waals surface area contributed by atoms with E-state index in [9.17, 15) is 14.4 Å². The minimum Gasteiger partial charge on any atom is -0.466 e. The highest BCUT2D eigenvalue weighted by Gasteiger charge is 2.26. The molecule has 0 radical (unpaired) electrons. The molecule has 1 unspecified atom stereocenters. The van der Waals surface area contributed by atoms with Crippen LogP contribution in [0.2, 0.25) is 0 Å². The van der Waals surface area contributed by atoms with Crippen molar-refractivity contribution in [1.82, 2.24) is 5.32 Å². The third-order valence-electron chi connectivity index (χ3n) is 2.75. The third-order valence-corrected chi connectivity index (χ3v) is 2.75. The van der Waals surface area contributed by atoms with E-state index in [1.807, 2.05) is 18.2 Å². The first-order chi connectivity index (χ1) is 11.1. The summed E-state index contributed by atoms with van der Waals surface area (Å²) < 4.78 is 14.6. The summed E-state index contributed by atoms with van der Waals surface area (Å²) in [4.78, 5) is 35.1. The summed E-state index contributed by atoms with van der Waals surface area (Å²) in [6, 6.07) is 7.94. The number of alkyl carbamates (subject to hydrolysis) is 1. The Bertz CT molecular complexity index is 517. The van der Waals surface area contributed by atoms with Crippen LogP contribution in [0.5, 0.6) is 0 Å². The third kappa shape index (κ3) is 7.30. The fourth-order valence-corrected chi connectivity index (χ4v) is 1.73. The molecule has 1 aromatic carbocycles. The van der Waals surface area contributed by atoms with E-state index >= 15 is 0 Å². The van der Waals surface area contributed by atoms with Crippen molar-refractivity contribution < 1.29 is 28.6 Å². The summed E-state index contributed by atoms with van der Waals surface area (Å²) in [6.45, 7) is 3.67. The van der Waals surface area contributed by atoms with Crippen molar-refractivity contribution >= 4 is 18.0 Å². The van der Waals surface area contributed by atoms with Crippen LogP contribution in [0.25, 0.3) is 0 Å². The predicted octanol–water partition coefficient (Wildman–Crippen LogP) is 1.80. The number of carbonyl (C=O) groups is 3. The van der Waals surface area contributed by atoms with Crippen LogP contribution in [-0.4, -0.2) is 37.3 Å². The van der Waals surface area contributed by atoms with Gasteiger partial charge in [-0.3, -0.25) is 4.79 Å². The standard InChI is InChI=1S/C16H21NO6/c1-3-21-14(18)10-13(15(19)22-4-2)17-16(20)23-11-12-8-6-5-7-9-12/h5-9,13H,3-4,10-11H2,1-2H3,(H,17,20). The summed E-state index contributed by atoms with van der Waals surface area (Å²) in [5.74, 6) is -1.31. The topological polar surface area (TPSA) is 90.9 Å². The lowest BCUT2D eigenvalue weighted by molar-refractivity contribution is -0.152. The van der Waals surface area contributed by atoms with Gasteiger partial charge in [0.15, 0.2) is 0 Å². The fourth-order valence-electron chi connectivity index (χ4n) is 1.73. The number of ether oxygens (including phenoxy) is 3. The Morgan fingerprint density at radius 3 is 2.26 bits per heavy atom. The van der Waals surface area contributed by atoms with Crippen molar-refractivity contribution in [3.05, 3.63) is 35.9 Å². The zero-order valence-corrected chi connectivity index (χ0v) is 13.2. The Kier molecular flexibility index (Phi) is 8.20. The number of esters is 2. The van der Waals surface area contributed by atoms with Crippen LogP contribution in [0, 0.1) is 0 Å². The second-order valence-electron chi connectivity index (χ2n) is 4.52. The van der Waals surface area contributed by atoms with Crippen molar-refractivity contribution in [1.29, 1.82) is 0 Å². The Labute approximate surface area is 134 Å². The molecule has 1 N–H and O–H groups in total. The molecule has 1 rings (SSSR count). The first kappa shape index (κ1) is 18.5. The minimum absolute atomic E-state index is 0.0572. The smallest absolute Gasteiger partial charge is 0.408 e. The summed E-state index contributed by atoms with van der Waals surface area (Å²) in [7, 11) is 0. The molecule has 0 aliphatic rings. The quantitative estimate of drug-likeness (QED) is 0.579. The maximum atomic E-state index is 11.8. The molecule has 23 heavy (non-hydrogen) atoms. The zero-order chi connectivity index (χ0) is 17.1. The molecule has 0 spiro atoms. The molecule has 1 amide bonds. The predicted molar refractivity (Wildman–Crippen MR) is 81.4 cm³/mol. The SMILES string of the molecule is CCOC(=O)CC(NC(=O)OCc1ccccc1)C(=O)OCC. The highest BCUT2D eigenvalue weighted by atomic mass is 16.6. The van der Waals surface area contributed by atoms with E-state index in [2.05, 4.69) is 5.32 Å². The van der Waals surface area contributed by atoms with Gasteiger partial charge in [-0.1, -0.05) is 30.3 Å². The second-order valence-corrected chi connectivity index (χ2v) is 4.52. The number of carbonyl (C=O) groups excluding carboxylic acids is 3. The fraction of sp³-hybridized carbons (Fsp3) is 0.438. The zero-order valence-electron chi connectivity index (χ0n) is 13.2. The lowest BCUT2D eigenvalue weighted by atomic mass is 10.2. The van der Waals surface area contributed by atoms with Gasteiger partial charge in [0.25, 0.3) is 0 Å². The molecule has 0 bridgehead atoms. The Balaban J connectivity index is 2.55. The molecule has 0 aliphatic carbocycles. The number of rotatable bonds is 8. The lowest BCUT2D eigenvalue weighted by Gasteiger charge is -2.16. The van der Waals surface area contributed by atoms with Gasteiger partial charge in [-0.05, 0) is 19.4 Å². The molecule has 126 valence electrons. The van der Waals surface area contributed by atoms with Crippen molar-refractivity contribution in [2.75, 3.05) is 13.2 Å². The van der Waals surface area contributed by atoms with Crippen molar-refractivity contribution in [2.24, 2.45) is 0 Å². The molecule has 0 heterocycles. The molecular weight excluding hydrogens is 302 g/mol. The van der Waals surface area contributed by atoms with E-state index in [1.54, 1.807) is 26.0 Å². The van der Waals surface area contributed by atoms with E-state index in [4.69, 9.17) is 14.2 Å². The molecule has 0 aromatic heterocycles. The van der Waals surface area contributed by atoms with Gasteiger partial charge in [-0.15, -0.1) is 0 Å². The van der Waals surface area contributed by atoms with E-state index < -0.39 is 24.1 Å². The van der Waals surface area contributed by atoms with Gasteiger partial charge in [-0.2, -0.15) is 0 Å². The Morgan fingerprint density at radius 2 is 1.65 bits per heavy atom. The highest BCUT2D eigenvalue weighted by molar-refractivity contribution is 5.86. The maximum Gasteiger partial charge on any atom is 0.408 e. The molecule has 0 fully saturated rings. The van der Waals surface area contributed by atoms with Crippen LogP contribution in [0.15, 0.2) is 30.3 Å². The first-order valence-electron chi connectivity index (χ1n) is 7.36. The minimum atomic E-state index is -1.14. The number of benzene rings is 1. The van der Waals surface area contributed by atoms with Gasteiger partial charge in [-0.25, -0.2) is 9.59 Å². The molecule has 0 aliphatic heterocycles. The van der Waals surface area contributed by atoms with Gasteiger partial charge in [0.1, 0.15) is 12.6 Å². The van der Waals surface area contributed by atoms with Crippen LogP contribution in [0.3, 0.4) is 0 Å². The molecular formula is C16H21NO6. The van der Waals surface area contributed by atoms with Gasteiger partial charge in [0.2, 0.25) is 0 Å².